The second-order valence-corrected chi connectivity index (χ2v) is 4.67. The maximum Gasteiger partial charge on any atom is 0.269 e. The first kappa shape index (κ1) is 11.8. The van der Waals surface area contributed by atoms with Crippen LogP contribution >= 0.6 is 0 Å². The zero-order valence-electron chi connectivity index (χ0n) is 5.91. The van der Waals surface area contributed by atoms with Gasteiger partial charge >= 0.3 is 0 Å². The second kappa shape index (κ2) is 4.17. The number of unbranched alkanes of at least 4 members (excludes halogenated alkanes) is 1. The summed E-state index contributed by atoms with van der Waals surface area (Å²) in [6.45, 7) is 0. The van der Waals surface area contributed by atoms with Crippen molar-refractivity contribution in [2.24, 2.45) is 0 Å². The van der Waals surface area contributed by atoms with E-state index in [1.165, 1.54) is 0 Å². The topological polar surface area (TPSA) is 109 Å². The highest BCUT2D eigenvalue weighted by Crippen LogP contribution is 2.04. The van der Waals surface area contributed by atoms with E-state index in [1.807, 2.05) is 0 Å². The first-order chi connectivity index (χ1) is 5.21. The molecule has 0 heterocycles. The van der Waals surface area contributed by atoms with Gasteiger partial charge in [-0.1, -0.05) is 0 Å². The molecule has 0 aromatic heterocycles. The summed E-state index contributed by atoms with van der Waals surface area (Å²) in [4.78, 5) is 0. The summed E-state index contributed by atoms with van der Waals surface area (Å²) >= 11 is 0. The van der Waals surface area contributed by atoms with Gasteiger partial charge in [0.25, 0.3) is 20.2 Å². The molecule has 12 heavy (non-hydrogen) atoms. The zero-order chi connectivity index (χ0) is 9.83. The van der Waals surface area contributed by atoms with Crippen LogP contribution in [-0.4, -0.2) is 25.9 Å². The summed E-state index contributed by atoms with van der Waals surface area (Å²) in [6, 6.07) is 0. The van der Waals surface area contributed by atoms with Gasteiger partial charge in [0.1, 0.15) is 11.5 Å². The third-order valence-electron chi connectivity index (χ3n) is 0.824. The molecular weight excluding hydrogens is 208 g/mol. The van der Waals surface area contributed by atoms with Crippen LogP contribution in [0.2, 0.25) is 0 Å². The molecule has 0 amide bonds. The Kier molecular flexibility index (Phi) is 4.11. The van der Waals surface area contributed by atoms with E-state index in [9.17, 15) is 16.8 Å². The van der Waals surface area contributed by atoms with Crippen molar-refractivity contribution in [3.05, 3.63) is 11.5 Å². The summed E-state index contributed by atoms with van der Waals surface area (Å²) in [5.74, 6) is 1.10. The summed E-state index contributed by atoms with van der Waals surface area (Å²) in [7, 11) is -8.33. The molecule has 0 aliphatic rings. The SMILES string of the molecule is O=S(=O)(O)[CH]CC[CH]S(=O)(=O)O. The Bertz CT molecular complexity index is 277. The van der Waals surface area contributed by atoms with Gasteiger partial charge in [-0.25, -0.2) is 0 Å². The first-order valence-corrected chi connectivity index (χ1v) is 5.83. The van der Waals surface area contributed by atoms with E-state index in [1.54, 1.807) is 0 Å². The Hall–Kier alpha value is -0.180. The highest BCUT2D eigenvalue weighted by atomic mass is 32.2. The molecule has 0 bridgehead atoms. The molecule has 0 saturated heterocycles. The summed E-state index contributed by atoms with van der Waals surface area (Å²) < 4.78 is 56.4. The van der Waals surface area contributed by atoms with Crippen molar-refractivity contribution >= 4 is 20.2 Å². The summed E-state index contributed by atoms with van der Waals surface area (Å²) in [6.07, 6.45) is -0.336. The lowest BCUT2D eigenvalue weighted by atomic mass is 10.4. The van der Waals surface area contributed by atoms with Crippen molar-refractivity contribution in [1.82, 2.24) is 0 Å². The number of hydrogen-bond acceptors (Lipinski definition) is 4. The molecule has 0 aromatic carbocycles. The maximum absolute atomic E-state index is 10.0. The molecule has 0 rings (SSSR count). The van der Waals surface area contributed by atoms with Crippen LogP contribution in [0.4, 0.5) is 0 Å². The van der Waals surface area contributed by atoms with Gasteiger partial charge in [-0.15, -0.1) is 0 Å². The van der Waals surface area contributed by atoms with Gasteiger partial charge in [0, 0.05) is 0 Å². The van der Waals surface area contributed by atoms with Gasteiger partial charge in [-0.3, -0.25) is 9.11 Å². The van der Waals surface area contributed by atoms with Crippen molar-refractivity contribution in [3.8, 4) is 0 Å². The molecule has 6 nitrogen and oxygen atoms in total. The smallest absolute Gasteiger partial charge is 0.269 e. The van der Waals surface area contributed by atoms with E-state index in [0.29, 0.717) is 11.5 Å². The van der Waals surface area contributed by atoms with Crippen LogP contribution < -0.4 is 0 Å². The largest absolute Gasteiger partial charge is 0.285 e. The normalized spacial score (nSPS) is 13.2. The standard InChI is InChI=1S/C4H8O6S2/c5-11(6,7)3-1-2-4-12(8,9)10/h3-4H,1-2H2,(H,5,6,7)(H,8,9,10). The van der Waals surface area contributed by atoms with Crippen molar-refractivity contribution < 1.29 is 25.9 Å². The molecule has 0 aromatic rings. The van der Waals surface area contributed by atoms with E-state index >= 15 is 0 Å². The van der Waals surface area contributed by atoms with E-state index < -0.39 is 20.2 Å². The Morgan fingerprint density at radius 1 is 0.833 bits per heavy atom. The average molecular weight is 216 g/mol. The summed E-state index contributed by atoms with van der Waals surface area (Å²) in [5.41, 5.74) is 0. The molecule has 8 heteroatoms. The van der Waals surface area contributed by atoms with Gasteiger partial charge in [0.2, 0.25) is 0 Å². The van der Waals surface area contributed by atoms with E-state index in [4.69, 9.17) is 9.11 Å². The molecule has 2 radical (unpaired) electrons. The van der Waals surface area contributed by atoms with Crippen LogP contribution in [0, 0.1) is 11.5 Å². The van der Waals surface area contributed by atoms with Crippen LogP contribution in [0.3, 0.4) is 0 Å². The van der Waals surface area contributed by atoms with Gasteiger partial charge in [-0.2, -0.15) is 16.8 Å². The minimum atomic E-state index is -4.16. The van der Waals surface area contributed by atoms with Crippen molar-refractivity contribution in [2.75, 3.05) is 0 Å². The molecule has 0 fully saturated rings. The second-order valence-electron chi connectivity index (χ2n) is 1.94. The van der Waals surface area contributed by atoms with E-state index in [0.717, 1.165) is 0 Å². The molecule has 0 saturated carbocycles. The fourth-order valence-electron chi connectivity index (χ4n) is 0.434. The van der Waals surface area contributed by atoms with Crippen LogP contribution in [0.5, 0.6) is 0 Å². The molecule has 72 valence electrons. The first-order valence-electron chi connectivity index (χ1n) is 2.82. The Balaban J connectivity index is 3.62. The van der Waals surface area contributed by atoms with Gasteiger partial charge < -0.3 is 0 Å². The highest BCUT2D eigenvalue weighted by molar-refractivity contribution is 7.88. The van der Waals surface area contributed by atoms with Crippen LogP contribution in [0.25, 0.3) is 0 Å². The Morgan fingerprint density at radius 3 is 1.25 bits per heavy atom. The number of hydrogen-bond donors (Lipinski definition) is 2. The molecule has 0 atom stereocenters. The predicted octanol–water partition coefficient (Wildman–Crippen LogP) is -0.134. The number of rotatable bonds is 5. The minimum Gasteiger partial charge on any atom is -0.285 e. The van der Waals surface area contributed by atoms with E-state index in [2.05, 4.69) is 0 Å². The lowest BCUT2D eigenvalue weighted by molar-refractivity contribution is 0.482. The van der Waals surface area contributed by atoms with Gasteiger partial charge in [-0.05, 0) is 12.8 Å². The van der Waals surface area contributed by atoms with Crippen LogP contribution in [0.15, 0.2) is 0 Å². The van der Waals surface area contributed by atoms with Crippen molar-refractivity contribution in [1.29, 1.82) is 0 Å². The lowest BCUT2D eigenvalue weighted by Gasteiger charge is -1.95. The highest BCUT2D eigenvalue weighted by Gasteiger charge is 2.08. The lowest BCUT2D eigenvalue weighted by Crippen LogP contribution is -2.00. The maximum atomic E-state index is 10.0. The van der Waals surface area contributed by atoms with Crippen LogP contribution in [0.1, 0.15) is 12.8 Å². The quantitative estimate of drug-likeness (QED) is 0.489. The summed E-state index contributed by atoms with van der Waals surface area (Å²) in [5, 5.41) is 0. The fourth-order valence-corrected chi connectivity index (χ4v) is 1.30. The van der Waals surface area contributed by atoms with Crippen LogP contribution in [-0.2, 0) is 20.2 Å². The fraction of sp³-hybridized carbons (Fsp3) is 0.500. The van der Waals surface area contributed by atoms with Gasteiger partial charge in [0.05, 0.1) is 0 Å². The predicted molar refractivity (Wildman–Crippen MR) is 40.9 cm³/mol. The molecule has 2 N–H and O–H groups in total. The monoisotopic (exact) mass is 216 g/mol. The van der Waals surface area contributed by atoms with Crippen molar-refractivity contribution in [2.45, 2.75) is 12.8 Å². The third kappa shape index (κ3) is 9.82. The Labute approximate surface area is 71.1 Å². The molecular formula is C4H8O6S2. The van der Waals surface area contributed by atoms with Gasteiger partial charge in [0.15, 0.2) is 0 Å². The molecule has 0 unspecified atom stereocenters. The third-order valence-corrected chi connectivity index (χ3v) is 2.14. The van der Waals surface area contributed by atoms with Crippen molar-refractivity contribution in [3.63, 3.8) is 0 Å². The molecule has 0 spiro atoms. The minimum absolute atomic E-state index is 0.168. The Morgan fingerprint density at radius 2 is 1.08 bits per heavy atom. The zero-order valence-corrected chi connectivity index (χ0v) is 7.55. The van der Waals surface area contributed by atoms with E-state index in [-0.39, 0.29) is 12.8 Å². The molecule has 0 aliphatic carbocycles. The average Bonchev–Trinajstić information content (AvgIpc) is 1.76. The molecule has 0 aliphatic heterocycles.